The number of nitrogens with one attached hydrogen (secondary N) is 1. The van der Waals surface area contributed by atoms with Crippen molar-refractivity contribution in [3.8, 4) is 5.88 Å². The number of carbonyl (C=O) groups is 1. The van der Waals surface area contributed by atoms with Gasteiger partial charge >= 0.3 is 0 Å². The minimum atomic E-state index is -0.665. The first-order valence-corrected chi connectivity index (χ1v) is 9.73. The Kier molecular flexibility index (Phi) is 5.98. The highest BCUT2D eigenvalue weighted by molar-refractivity contribution is 5.82. The fourth-order valence-electron chi connectivity index (χ4n) is 3.48. The maximum atomic E-state index is 13.0. The van der Waals surface area contributed by atoms with Gasteiger partial charge in [-0.15, -0.1) is 0 Å². The molecule has 1 fully saturated rings. The second-order valence-corrected chi connectivity index (χ2v) is 8.44. The van der Waals surface area contributed by atoms with Gasteiger partial charge in [-0.25, -0.2) is 4.98 Å². The standard InChI is InChI=1S/C22H30N4O2/c1-15-7-6-10-23-20(15)28-14-22(3,4)21(27)25-19-13-26(5)12-18(19)17-9-8-16(2)24-11-17/h6-11,18-19H,12-14H2,1-5H3,(H,25,27). The molecule has 28 heavy (non-hydrogen) atoms. The number of rotatable bonds is 6. The van der Waals surface area contributed by atoms with Crippen molar-refractivity contribution >= 4 is 5.91 Å². The molecule has 1 N–H and O–H groups in total. The molecular formula is C22H30N4O2. The molecule has 3 heterocycles. The molecule has 3 rings (SSSR count). The molecule has 0 aromatic carbocycles. The Morgan fingerprint density at radius 2 is 2.04 bits per heavy atom. The van der Waals surface area contributed by atoms with Gasteiger partial charge in [-0.2, -0.15) is 0 Å². The van der Waals surface area contributed by atoms with Crippen LogP contribution in [0.15, 0.2) is 36.7 Å². The number of aromatic nitrogens is 2. The van der Waals surface area contributed by atoms with Crippen molar-refractivity contribution in [2.24, 2.45) is 5.41 Å². The molecule has 0 spiro atoms. The van der Waals surface area contributed by atoms with E-state index in [2.05, 4.69) is 33.3 Å². The Balaban J connectivity index is 1.65. The minimum Gasteiger partial charge on any atom is -0.476 e. The maximum absolute atomic E-state index is 13.0. The van der Waals surface area contributed by atoms with E-state index in [0.29, 0.717) is 5.88 Å². The summed E-state index contributed by atoms with van der Waals surface area (Å²) in [6.45, 7) is 9.74. The van der Waals surface area contributed by atoms with Crippen molar-refractivity contribution in [3.63, 3.8) is 0 Å². The summed E-state index contributed by atoms with van der Waals surface area (Å²) in [5.41, 5.74) is 2.46. The first-order valence-electron chi connectivity index (χ1n) is 9.73. The number of carbonyl (C=O) groups excluding carboxylic acids is 1. The number of likely N-dealkylation sites (tertiary alicyclic amines) is 1. The number of amides is 1. The van der Waals surface area contributed by atoms with Gasteiger partial charge in [0, 0.05) is 48.7 Å². The van der Waals surface area contributed by atoms with E-state index in [1.165, 1.54) is 5.56 Å². The van der Waals surface area contributed by atoms with E-state index in [1.807, 2.05) is 52.1 Å². The van der Waals surface area contributed by atoms with Crippen LogP contribution in [0.2, 0.25) is 0 Å². The maximum Gasteiger partial charge on any atom is 0.229 e. The predicted molar refractivity (Wildman–Crippen MR) is 109 cm³/mol. The van der Waals surface area contributed by atoms with Gasteiger partial charge in [-0.3, -0.25) is 9.78 Å². The van der Waals surface area contributed by atoms with Crippen molar-refractivity contribution in [2.75, 3.05) is 26.7 Å². The van der Waals surface area contributed by atoms with Crippen LogP contribution in [0.5, 0.6) is 5.88 Å². The van der Waals surface area contributed by atoms with E-state index < -0.39 is 5.41 Å². The molecule has 6 nitrogen and oxygen atoms in total. The van der Waals surface area contributed by atoms with Crippen molar-refractivity contribution in [1.29, 1.82) is 0 Å². The Morgan fingerprint density at radius 1 is 1.25 bits per heavy atom. The molecule has 2 aromatic rings. The fourth-order valence-corrected chi connectivity index (χ4v) is 3.48. The van der Waals surface area contributed by atoms with Gasteiger partial charge in [0.05, 0.1) is 5.41 Å². The fraction of sp³-hybridized carbons (Fsp3) is 0.500. The smallest absolute Gasteiger partial charge is 0.229 e. The molecule has 2 aromatic heterocycles. The third-order valence-electron chi connectivity index (χ3n) is 5.33. The lowest BCUT2D eigenvalue weighted by Crippen LogP contribution is -2.48. The van der Waals surface area contributed by atoms with Crippen LogP contribution < -0.4 is 10.1 Å². The molecule has 2 atom stereocenters. The summed E-state index contributed by atoms with van der Waals surface area (Å²) in [7, 11) is 2.08. The zero-order valence-corrected chi connectivity index (χ0v) is 17.4. The normalized spacial score (nSPS) is 20.2. The van der Waals surface area contributed by atoms with Crippen molar-refractivity contribution in [3.05, 3.63) is 53.5 Å². The lowest BCUT2D eigenvalue weighted by Gasteiger charge is -2.28. The SMILES string of the molecule is Cc1ccc(C2CN(C)CC2NC(=O)C(C)(C)COc2ncccc2C)cn1. The van der Waals surface area contributed by atoms with Gasteiger partial charge in [-0.05, 0) is 52.4 Å². The second-order valence-electron chi connectivity index (χ2n) is 8.44. The van der Waals surface area contributed by atoms with Crippen LogP contribution in [-0.2, 0) is 4.79 Å². The number of likely N-dealkylation sites (N-methyl/N-ethyl adjacent to an activating group) is 1. The van der Waals surface area contributed by atoms with E-state index in [4.69, 9.17) is 4.74 Å². The predicted octanol–water partition coefficient (Wildman–Crippen LogP) is 2.71. The average Bonchev–Trinajstić information content (AvgIpc) is 3.02. The summed E-state index contributed by atoms with van der Waals surface area (Å²) in [6, 6.07) is 8.02. The summed E-state index contributed by atoms with van der Waals surface area (Å²) in [5.74, 6) is 0.802. The topological polar surface area (TPSA) is 67.4 Å². The van der Waals surface area contributed by atoms with E-state index in [0.717, 1.165) is 24.3 Å². The van der Waals surface area contributed by atoms with Crippen LogP contribution in [-0.4, -0.2) is 53.6 Å². The highest BCUT2D eigenvalue weighted by atomic mass is 16.5. The minimum absolute atomic E-state index is 0.00791. The van der Waals surface area contributed by atoms with Crippen LogP contribution in [0.3, 0.4) is 0 Å². The van der Waals surface area contributed by atoms with Gasteiger partial charge in [0.1, 0.15) is 6.61 Å². The summed E-state index contributed by atoms with van der Waals surface area (Å²) in [4.78, 5) is 23.9. The zero-order valence-electron chi connectivity index (χ0n) is 17.4. The van der Waals surface area contributed by atoms with Gasteiger partial charge in [0.2, 0.25) is 11.8 Å². The molecule has 0 saturated carbocycles. The molecule has 1 amide bonds. The Bertz CT molecular complexity index is 820. The second kappa shape index (κ2) is 8.27. The van der Waals surface area contributed by atoms with Crippen molar-refractivity contribution in [2.45, 2.75) is 39.7 Å². The molecule has 0 radical (unpaired) electrons. The van der Waals surface area contributed by atoms with E-state index in [9.17, 15) is 4.79 Å². The third kappa shape index (κ3) is 4.68. The average molecular weight is 383 g/mol. The molecule has 1 aliphatic rings. The largest absolute Gasteiger partial charge is 0.476 e. The lowest BCUT2D eigenvalue weighted by atomic mass is 9.90. The van der Waals surface area contributed by atoms with E-state index >= 15 is 0 Å². The molecule has 0 bridgehead atoms. The molecular weight excluding hydrogens is 352 g/mol. The Hall–Kier alpha value is -2.47. The van der Waals surface area contributed by atoms with Crippen LogP contribution in [0, 0.1) is 19.3 Å². The van der Waals surface area contributed by atoms with Crippen molar-refractivity contribution in [1.82, 2.24) is 20.2 Å². The molecule has 1 aliphatic heterocycles. The number of aryl methyl sites for hydroxylation is 2. The number of nitrogens with zero attached hydrogens (tertiary/aromatic N) is 3. The summed E-state index contributed by atoms with van der Waals surface area (Å²) in [5, 5.41) is 3.25. The lowest BCUT2D eigenvalue weighted by molar-refractivity contribution is -0.131. The van der Waals surface area contributed by atoms with Crippen LogP contribution in [0.1, 0.15) is 36.6 Å². The van der Waals surface area contributed by atoms with Crippen LogP contribution in [0.25, 0.3) is 0 Å². The van der Waals surface area contributed by atoms with Crippen LogP contribution >= 0.6 is 0 Å². The molecule has 150 valence electrons. The molecule has 6 heteroatoms. The number of pyridine rings is 2. The van der Waals surface area contributed by atoms with Crippen molar-refractivity contribution < 1.29 is 9.53 Å². The van der Waals surface area contributed by atoms with Gasteiger partial charge < -0.3 is 15.0 Å². The van der Waals surface area contributed by atoms with E-state index in [1.54, 1.807) is 6.20 Å². The Labute approximate surface area is 167 Å². The number of ether oxygens (including phenoxy) is 1. The first kappa shape index (κ1) is 20.3. The molecule has 1 saturated heterocycles. The van der Waals surface area contributed by atoms with Gasteiger partial charge in [0.15, 0.2) is 0 Å². The quantitative estimate of drug-likeness (QED) is 0.832. The summed E-state index contributed by atoms with van der Waals surface area (Å²) >= 11 is 0. The third-order valence-corrected chi connectivity index (χ3v) is 5.33. The highest BCUT2D eigenvalue weighted by Gasteiger charge is 2.37. The summed E-state index contributed by atoms with van der Waals surface area (Å²) < 4.78 is 5.84. The highest BCUT2D eigenvalue weighted by Crippen LogP contribution is 2.28. The summed E-state index contributed by atoms with van der Waals surface area (Å²) in [6.07, 6.45) is 3.63. The zero-order chi connectivity index (χ0) is 20.3. The Morgan fingerprint density at radius 3 is 2.71 bits per heavy atom. The number of hydrogen-bond donors (Lipinski definition) is 1. The first-order chi connectivity index (χ1) is 13.3. The van der Waals surface area contributed by atoms with Gasteiger partial charge in [-0.1, -0.05) is 12.1 Å². The molecule has 2 unspecified atom stereocenters. The monoisotopic (exact) mass is 382 g/mol. The molecule has 0 aliphatic carbocycles. The van der Waals surface area contributed by atoms with Gasteiger partial charge in [0.25, 0.3) is 0 Å². The van der Waals surface area contributed by atoms with E-state index in [-0.39, 0.29) is 24.5 Å². The number of hydrogen-bond acceptors (Lipinski definition) is 5. The van der Waals surface area contributed by atoms with Crippen LogP contribution in [0.4, 0.5) is 0 Å².